The van der Waals surface area contributed by atoms with E-state index in [9.17, 15) is 13.2 Å². The zero-order valence-corrected chi connectivity index (χ0v) is 15.8. The van der Waals surface area contributed by atoms with E-state index in [4.69, 9.17) is 0 Å². The molecule has 0 saturated carbocycles. The van der Waals surface area contributed by atoms with Crippen LogP contribution in [0.1, 0.15) is 43.9 Å². The summed E-state index contributed by atoms with van der Waals surface area (Å²) in [6.45, 7) is 7.00. The zero-order valence-electron chi connectivity index (χ0n) is 15.0. The predicted molar refractivity (Wildman–Crippen MR) is 96.0 cm³/mol. The Morgan fingerprint density at radius 1 is 1.29 bits per heavy atom. The quantitative estimate of drug-likeness (QED) is 0.885. The standard InChI is InChI=1S/C18H28N2O3S/c1-13(2)17(16-10-6-5-8-14(16)3)19-18(21)15-9-7-11-20(12-15)24(4,22)23/h5-6,8,10,13,15,17H,7,9,11-12H2,1-4H3,(H,19,21). The molecule has 5 nitrogen and oxygen atoms in total. The molecule has 24 heavy (non-hydrogen) atoms. The van der Waals surface area contributed by atoms with E-state index in [-0.39, 0.29) is 30.3 Å². The summed E-state index contributed by atoms with van der Waals surface area (Å²) in [4.78, 5) is 12.7. The lowest BCUT2D eigenvalue weighted by Crippen LogP contribution is -2.46. The second-order valence-corrected chi connectivity index (χ2v) is 9.03. The summed E-state index contributed by atoms with van der Waals surface area (Å²) in [5.41, 5.74) is 2.27. The van der Waals surface area contributed by atoms with Gasteiger partial charge in [-0.05, 0) is 36.8 Å². The van der Waals surface area contributed by atoms with E-state index >= 15 is 0 Å². The third-order valence-corrected chi connectivity index (χ3v) is 5.98. The van der Waals surface area contributed by atoms with Crippen LogP contribution >= 0.6 is 0 Å². The van der Waals surface area contributed by atoms with Gasteiger partial charge in [0.15, 0.2) is 0 Å². The van der Waals surface area contributed by atoms with Crippen LogP contribution in [-0.2, 0) is 14.8 Å². The first kappa shape index (κ1) is 18.9. The molecule has 1 amide bonds. The minimum atomic E-state index is -3.24. The van der Waals surface area contributed by atoms with Crippen molar-refractivity contribution >= 4 is 15.9 Å². The molecule has 1 aromatic rings. The smallest absolute Gasteiger partial charge is 0.224 e. The van der Waals surface area contributed by atoms with Gasteiger partial charge >= 0.3 is 0 Å². The molecule has 1 heterocycles. The minimum absolute atomic E-state index is 0.0506. The highest BCUT2D eigenvalue weighted by atomic mass is 32.2. The summed E-state index contributed by atoms with van der Waals surface area (Å²) < 4.78 is 24.9. The van der Waals surface area contributed by atoms with E-state index in [1.807, 2.05) is 31.2 Å². The monoisotopic (exact) mass is 352 g/mol. The van der Waals surface area contributed by atoms with Gasteiger partial charge < -0.3 is 5.32 Å². The Balaban J connectivity index is 2.13. The molecule has 2 unspecified atom stereocenters. The summed E-state index contributed by atoms with van der Waals surface area (Å²) in [6, 6.07) is 8.00. The first-order valence-electron chi connectivity index (χ1n) is 8.51. The highest BCUT2D eigenvalue weighted by Crippen LogP contribution is 2.26. The zero-order chi connectivity index (χ0) is 17.9. The van der Waals surface area contributed by atoms with Crippen molar-refractivity contribution in [3.63, 3.8) is 0 Å². The van der Waals surface area contributed by atoms with Gasteiger partial charge in [0.2, 0.25) is 15.9 Å². The summed E-state index contributed by atoms with van der Waals surface area (Å²) in [5, 5.41) is 3.15. The number of piperidine rings is 1. The van der Waals surface area contributed by atoms with Crippen LogP contribution in [0.25, 0.3) is 0 Å². The molecule has 0 radical (unpaired) electrons. The van der Waals surface area contributed by atoms with E-state index < -0.39 is 10.0 Å². The third-order valence-electron chi connectivity index (χ3n) is 4.71. The second kappa shape index (κ2) is 7.66. The molecule has 1 aliphatic rings. The normalized spacial score (nSPS) is 20.8. The number of nitrogens with zero attached hydrogens (tertiary/aromatic N) is 1. The third kappa shape index (κ3) is 4.57. The summed E-state index contributed by atoms with van der Waals surface area (Å²) in [6.07, 6.45) is 2.66. The molecule has 6 heteroatoms. The predicted octanol–water partition coefficient (Wildman–Crippen LogP) is 2.48. The number of hydrogen-bond donors (Lipinski definition) is 1. The first-order chi connectivity index (χ1) is 11.2. The number of benzene rings is 1. The Morgan fingerprint density at radius 3 is 2.54 bits per heavy atom. The van der Waals surface area contributed by atoms with Crippen LogP contribution in [0.3, 0.4) is 0 Å². The van der Waals surface area contributed by atoms with Gasteiger partial charge in [0.1, 0.15) is 0 Å². The lowest BCUT2D eigenvalue weighted by Gasteiger charge is -2.32. The van der Waals surface area contributed by atoms with E-state index in [0.717, 1.165) is 24.0 Å². The molecule has 0 aliphatic carbocycles. The van der Waals surface area contributed by atoms with E-state index in [1.54, 1.807) is 0 Å². The number of rotatable bonds is 5. The minimum Gasteiger partial charge on any atom is -0.349 e. The number of aryl methyl sites for hydroxylation is 1. The molecule has 1 saturated heterocycles. The van der Waals surface area contributed by atoms with Crippen molar-refractivity contribution in [2.75, 3.05) is 19.3 Å². The average molecular weight is 353 g/mol. The molecular formula is C18H28N2O3S. The molecule has 2 atom stereocenters. The molecule has 2 rings (SSSR count). The number of carbonyl (C=O) groups is 1. The lowest BCUT2D eigenvalue weighted by molar-refractivity contribution is -0.127. The highest BCUT2D eigenvalue weighted by Gasteiger charge is 2.31. The Labute approximate surface area is 145 Å². The Hall–Kier alpha value is -1.40. The van der Waals surface area contributed by atoms with Crippen LogP contribution in [-0.4, -0.2) is 38.0 Å². The largest absolute Gasteiger partial charge is 0.349 e. The van der Waals surface area contributed by atoms with Crippen LogP contribution in [0.5, 0.6) is 0 Å². The van der Waals surface area contributed by atoms with Crippen molar-refractivity contribution < 1.29 is 13.2 Å². The molecule has 134 valence electrons. The van der Waals surface area contributed by atoms with Crippen molar-refractivity contribution in [2.24, 2.45) is 11.8 Å². The van der Waals surface area contributed by atoms with Crippen LogP contribution in [0.4, 0.5) is 0 Å². The van der Waals surface area contributed by atoms with Crippen molar-refractivity contribution in [3.8, 4) is 0 Å². The Kier molecular flexibility index (Phi) is 6.04. The first-order valence-corrected chi connectivity index (χ1v) is 10.4. The number of carbonyl (C=O) groups excluding carboxylic acids is 1. The van der Waals surface area contributed by atoms with Crippen LogP contribution < -0.4 is 5.32 Å². The SMILES string of the molecule is Cc1ccccc1C(NC(=O)C1CCCN(S(C)(=O)=O)C1)C(C)C. The van der Waals surface area contributed by atoms with Gasteiger partial charge in [0, 0.05) is 13.1 Å². The maximum absolute atomic E-state index is 12.7. The van der Waals surface area contributed by atoms with Crippen LogP contribution in [0.2, 0.25) is 0 Å². The summed E-state index contributed by atoms with van der Waals surface area (Å²) >= 11 is 0. The molecule has 1 N–H and O–H groups in total. The van der Waals surface area contributed by atoms with Gasteiger partial charge in [0.25, 0.3) is 0 Å². The van der Waals surface area contributed by atoms with Crippen molar-refractivity contribution in [1.29, 1.82) is 0 Å². The topological polar surface area (TPSA) is 66.5 Å². The molecule has 1 aromatic carbocycles. The second-order valence-electron chi connectivity index (χ2n) is 7.05. The van der Waals surface area contributed by atoms with Gasteiger partial charge in [-0.2, -0.15) is 0 Å². The number of sulfonamides is 1. The van der Waals surface area contributed by atoms with Crippen molar-refractivity contribution in [2.45, 2.75) is 39.7 Å². The highest BCUT2D eigenvalue weighted by molar-refractivity contribution is 7.88. The van der Waals surface area contributed by atoms with Gasteiger partial charge in [-0.25, -0.2) is 12.7 Å². The van der Waals surface area contributed by atoms with Gasteiger partial charge in [-0.15, -0.1) is 0 Å². The Bertz CT molecular complexity index is 685. The van der Waals surface area contributed by atoms with Crippen molar-refractivity contribution in [3.05, 3.63) is 35.4 Å². The van der Waals surface area contributed by atoms with Crippen LogP contribution in [0, 0.1) is 18.8 Å². The van der Waals surface area contributed by atoms with Gasteiger partial charge in [-0.1, -0.05) is 38.1 Å². The summed E-state index contributed by atoms with van der Waals surface area (Å²) in [5.74, 6) is -0.0753. The van der Waals surface area contributed by atoms with E-state index in [0.29, 0.717) is 6.54 Å². The fourth-order valence-corrected chi connectivity index (χ4v) is 4.18. The Morgan fingerprint density at radius 2 is 1.96 bits per heavy atom. The maximum Gasteiger partial charge on any atom is 0.224 e. The molecule has 0 bridgehead atoms. The fraction of sp³-hybridized carbons (Fsp3) is 0.611. The molecule has 1 aliphatic heterocycles. The molecule has 1 fully saturated rings. The van der Waals surface area contributed by atoms with Gasteiger partial charge in [-0.3, -0.25) is 4.79 Å². The van der Waals surface area contributed by atoms with Crippen LogP contribution in [0.15, 0.2) is 24.3 Å². The average Bonchev–Trinajstić information content (AvgIpc) is 2.52. The molecule has 0 aromatic heterocycles. The van der Waals surface area contributed by atoms with Gasteiger partial charge in [0.05, 0.1) is 18.2 Å². The lowest BCUT2D eigenvalue weighted by atomic mass is 9.91. The fourth-order valence-electron chi connectivity index (χ4n) is 3.27. The number of nitrogens with one attached hydrogen (secondary N) is 1. The number of hydrogen-bond acceptors (Lipinski definition) is 3. The summed E-state index contributed by atoms with van der Waals surface area (Å²) in [7, 11) is -3.24. The molecular weight excluding hydrogens is 324 g/mol. The maximum atomic E-state index is 12.7. The van der Waals surface area contributed by atoms with E-state index in [2.05, 4.69) is 19.2 Å². The van der Waals surface area contributed by atoms with E-state index in [1.165, 1.54) is 10.6 Å². The molecule has 0 spiro atoms. The number of amides is 1. The van der Waals surface area contributed by atoms with Crippen molar-refractivity contribution in [1.82, 2.24) is 9.62 Å².